The summed E-state index contributed by atoms with van der Waals surface area (Å²) in [5.41, 5.74) is 0.217. The number of carbonyl (C=O) groups is 4. The Morgan fingerprint density at radius 1 is 1.22 bits per heavy atom. The summed E-state index contributed by atoms with van der Waals surface area (Å²) in [6.07, 6.45) is 3.43. The lowest BCUT2D eigenvalue weighted by Gasteiger charge is -2.34. The van der Waals surface area contributed by atoms with E-state index in [1.54, 1.807) is 0 Å². The molecule has 1 saturated heterocycles. The molecular weight excluding hydrogens is 377 g/mol. The largest absolute Gasteiger partial charge is 0.334 e. The van der Waals surface area contributed by atoms with E-state index in [1.807, 2.05) is 6.92 Å². The first-order valence-corrected chi connectivity index (χ1v) is 9.11. The number of nitrogens with zero attached hydrogens (tertiary/aromatic N) is 2. The number of nitrogens with one attached hydrogen (secondary N) is 1. The van der Waals surface area contributed by atoms with Crippen molar-refractivity contribution in [2.75, 3.05) is 11.9 Å². The van der Waals surface area contributed by atoms with Crippen LogP contribution >= 0.6 is 11.6 Å². The molecule has 1 aromatic carbocycles. The summed E-state index contributed by atoms with van der Waals surface area (Å²) in [5, 5.41) is 2.26. The lowest BCUT2D eigenvalue weighted by atomic mass is 9.85. The van der Waals surface area contributed by atoms with E-state index >= 15 is 0 Å². The molecule has 0 spiro atoms. The zero-order valence-corrected chi connectivity index (χ0v) is 15.5. The Morgan fingerprint density at radius 3 is 2.59 bits per heavy atom. The summed E-state index contributed by atoms with van der Waals surface area (Å²) in [7, 11) is 0. The van der Waals surface area contributed by atoms with Gasteiger partial charge in [0.15, 0.2) is 0 Å². The van der Waals surface area contributed by atoms with Crippen LogP contribution in [0, 0.1) is 11.7 Å². The van der Waals surface area contributed by atoms with E-state index in [0.29, 0.717) is 11.3 Å². The van der Waals surface area contributed by atoms with Crippen molar-refractivity contribution in [2.24, 2.45) is 5.92 Å². The van der Waals surface area contributed by atoms with Gasteiger partial charge in [0.2, 0.25) is 5.91 Å². The van der Waals surface area contributed by atoms with Crippen LogP contribution in [0.25, 0.3) is 0 Å². The van der Waals surface area contributed by atoms with E-state index in [1.165, 1.54) is 12.1 Å². The number of anilines is 1. The summed E-state index contributed by atoms with van der Waals surface area (Å²) >= 11 is 5.66. The van der Waals surface area contributed by atoms with Gasteiger partial charge in [-0.2, -0.15) is 0 Å². The van der Waals surface area contributed by atoms with E-state index in [0.717, 1.165) is 30.2 Å². The van der Waals surface area contributed by atoms with Crippen LogP contribution in [0.15, 0.2) is 18.2 Å². The first-order valence-electron chi connectivity index (χ1n) is 8.73. The van der Waals surface area contributed by atoms with Crippen molar-refractivity contribution in [3.8, 4) is 0 Å². The number of imide groups is 2. The van der Waals surface area contributed by atoms with Crippen LogP contribution < -0.4 is 5.32 Å². The number of hydrogen-bond donors (Lipinski definition) is 1. The molecule has 0 aromatic heterocycles. The molecule has 2 aliphatic rings. The van der Waals surface area contributed by atoms with Crippen molar-refractivity contribution in [3.05, 3.63) is 29.0 Å². The number of urea groups is 1. The third-order valence-corrected chi connectivity index (χ3v) is 5.28. The maximum atomic E-state index is 13.2. The molecule has 1 aliphatic heterocycles. The van der Waals surface area contributed by atoms with Gasteiger partial charge in [-0.15, -0.1) is 0 Å². The van der Waals surface area contributed by atoms with E-state index in [4.69, 9.17) is 11.6 Å². The van der Waals surface area contributed by atoms with Crippen LogP contribution in [-0.4, -0.2) is 46.1 Å². The maximum absolute atomic E-state index is 13.2. The van der Waals surface area contributed by atoms with Gasteiger partial charge in [0.25, 0.3) is 0 Å². The molecule has 9 heteroatoms. The van der Waals surface area contributed by atoms with E-state index in [9.17, 15) is 23.6 Å². The Bertz CT molecular complexity index is 816. The summed E-state index contributed by atoms with van der Waals surface area (Å²) in [6, 6.07) is 2.50. The molecule has 7 nitrogen and oxygen atoms in total. The van der Waals surface area contributed by atoms with E-state index in [-0.39, 0.29) is 22.7 Å². The molecule has 1 aromatic rings. The third-order valence-electron chi connectivity index (χ3n) is 4.99. The van der Waals surface area contributed by atoms with Crippen LogP contribution in [0.1, 0.15) is 32.6 Å². The number of amides is 5. The highest BCUT2D eigenvalue weighted by Gasteiger charge is 2.49. The molecule has 5 amide bonds. The topological polar surface area (TPSA) is 86.8 Å². The van der Waals surface area contributed by atoms with Crippen molar-refractivity contribution < 1.29 is 23.6 Å². The van der Waals surface area contributed by atoms with Gasteiger partial charge in [-0.1, -0.05) is 31.4 Å². The smallest absolute Gasteiger partial charge is 0.324 e. The lowest BCUT2D eigenvalue weighted by Crippen LogP contribution is -2.46. The number of halogens is 2. The Morgan fingerprint density at radius 2 is 1.93 bits per heavy atom. The number of benzene rings is 1. The quantitative estimate of drug-likeness (QED) is 0.627. The highest BCUT2D eigenvalue weighted by molar-refractivity contribution is 6.45. The van der Waals surface area contributed by atoms with Crippen LogP contribution in [0.3, 0.4) is 0 Å². The molecular formula is C18H19ClFN3O4. The van der Waals surface area contributed by atoms with E-state index < -0.39 is 36.1 Å². The average Bonchev–Trinajstić information content (AvgIpc) is 2.82. The molecule has 27 heavy (non-hydrogen) atoms. The average molecular weight is 396 g/mol. The monoisotopic (exact) mass is 395 g/mol. The fraction of sp³-hybridized carbons (Fsp3) is 0.444. The van der Waals surface area contributed by atoms with Crippen LogP contribution in [0.2, 0.25) is 5.02 Å². The molecule has 0 radical (unpaired) electrons. The SMILES string of the molecule is C[C@H]1CCCC[C@H]1N1C(=O)C(=O)N(CC(=O)Nc2ccc(F)c(Cl)c2)C1=O. The van der Waals surface area contributed by atoms with E-state index in [2.05, 4.69) is 5.32 Å². The fourth-order valence-electron chi connectivity index (χ4n) is 3.55. The molecule has 0 bridgehead atoms. The van der Waals surface area contributed by atoms with Crippen molar-refractivity contribution in [1.82, 2.24) is 9.80 Å². The number of hydrogen-bond acceptors (Lipinski definition) is 4. The Hall–Kier alpha value is -2.48. The minimum Gasteiger partial charge on any atom is -0.324 e. The standard InChI is InChI=1S/C18H19ClFN3O4/c1-10-4-2-3-5-14(10)23-17(26)16(25)22(18(23)27)9-15(24)21-11-6-7-13(20)12(19)8-11/h6-8,10,14H,2-5,9H2,1H3,(H,21,24)/t10-,14+/m0/s1. The molecule has 1 saturated carbocycles. The number of rotatable bonds is 4. The van der Waals surface area contributed by atoms with Gasteiger partial charge in [-0.25, -0.2) is 14.1 Å². The summed E-state index contributed by atoms with van der Waals surface area (Å²) in [4.78, 5) is 51.0. The summed E-state index contributed by atoms with van der Waals surface area (Å²) < 4.78 is 13.2. The Kier molecular flexibility index (Phi) is 5.46. The van der Waals surface area contributed by atoms with Crippen molar-refractivity contribution in [1.29, 1.82) is 0 Å². The normalized spacial score (nSPS) is 23.1. The van der Waals surface area contributed by atoms with Gasteiger partial charge >= 0.3 is 17.8 Å². The molecule has 3 rings (SSSR count). The van der Waals surface area contributed by atoms with Crippen molar-refractivity contribution in [2.45, 2.75) is 38.6 Å². The highest BCUT2D eigenvalue weighted by atomic mass is 35.5. The molecule has 2 fully saturated rings. The fourth-order valence-corrected chi connectivity index (χ4v) is 3.73. The van der Waals surface area contributed by atoms with Gasteiger partial charge in [0.05, 0.1) is 5.02 Å². The zero-order chi connectivity index (χ0) is 19.7. The third kappa shape index (κ3) is 3.80. The minimum absolute atomic E-state index is 0.106. The zero-order valence-electron chi connectivity index (χ0n) is 14.7. The van der Waals surface area contributed by atoms with Gasteiger partial charge < -0.3 is 5.32 Å². The highest BCUT2D eigenvalue weighted by Crippen LogP contribution is 2.31. The molecule has 1 N–H and O–H groups in total. The van der Waals surface area contributed by atoms with Gasteiger partial charge in [0.1, 0.15) is 12.4 Å². The minimum atomic E-state index is -1.01. The lowest BCUT2D eigenvalue weighted by molar-refractivity contribution is -0.145. The second kappa shape index (κ2) is 7.64. The first kappa shape index (κ1) is 19.3. The van der Waals surface area contributed by atoms with Crippen molar-refractivity contribution >= 4 is 41.0 Å². The first-order chi connectivity index (χ1) is 12.8. The Labute approximate surface area is 160 Å². The van der Waals surface area contributed by atoms with Crippen LogP contribution in [-0.2, 0) is 14.4 Å². The predicted octanol–water partition coefficient (Wildman–Crippen LogP) is 2.79. The predicted molar refractivity (Wildman–Crippen MR) is 95.4 cm³/mol. The number of carbonyl (C=O) groups excluding carboxylic acids is 4. The Balaban J connectivity index is 1.70. The summed E-state index contributed by atoms with van der Waals surface area (Å²) in [6.45, 7) is 1.35. The molecule has 1 aliphatic carbocycles. The molecule has 0 unspecified atom stereocenters. The molecule has 1 heterocycles. The molecule has 2 atom stereocenters. The second-order valence-corrected chi connectivity index (χ2v) is 7.26. The van der Waals surface area contributed by atoms with Crippen LogP contribution in [0.5, 0.6) is 0 Å². The van der Waals surface area contributed by atoms with Gasteiger partial charge in [-0.05, 0) is 37.0 Å². The van der Waals surface area contributed by atoms with Gasteiger partial charge in [0, 0.05) is 11.7 Å². The second-order valence-electron chi connectivity index (χ2n) is 6.86. The van der Waals surface area contributed by atoms with Crippen molar-refractivity contribution in [3.63, 3.8) is 0 Å². The summed E-state index contributed by atoms with van der Waals surface area (Å²) in [5.74, 6) is -3.12. The van der Waals surface area contributed by atoms with Gasteiger partial charge in [-0.3, -0.25) is 19.3 Å². The molecule has 144 valence electrons. The van der Waals surface area contributed by atoms with Crippen LogP contribution in [0.4, 0.5) is 14.9 Å². The maximum Gasteiger partial charge on any atom is 0.334 e.